The summed E-state index contributed by atoms with van der Waals surface area (Å²) in [6.07, 6.45) is 0. The molecule has 0 aliphatic heterocycles. The molecule has 0 aliphatic carbocycles. The van der Waals surface area contributed by atoms with Crippen molar-refractivity contribution in [3.8, 4) is 0 Å². The highest BCUT2D eigenvalue weighted by Crippen LogP contribution is 2.30. The molecule has 0 fully saturated rings. The average molecular weight is 321 g/mol. The molecule has 0 heterocycles. The smallest absolute Gasteiger partial charge is 0.381 e. The lowest BCUT2D eigenvalue weighted by molar-refractivity contribution is -0.173. The highest BCUT2D eigenvalue weighted by molar-refractivity contribution is 9.09. The lowest BCUT2D eigenvalue weighted by Crippen LogP contribution is -2.28. The van der Waals surface area contributed by atoms with Crippen molar-refractivity contribution in [3.63, 3.8) is 0 Å². The van der Waals surface area contributed by atoms with E-state index in [-0.39, 0.29) is 23.3 Å². The van der Waals surface area contributed by atoms with Crippen molar-refractivity contribution in [1.29, 1.82) is 0 Å². The summed E-state index contributed by atoms with van der Waals surface area (Å²) < 4.78 is 31.7. The van der Waals surface area contributed by atoms with Crippen molar-refractivity contribution in [2.45, 2.75) is 12.8 Å². The molecular formula is C12H11BrF2O3. The van der Waals surface area contributed by atoms with E-state index in [1.807, 2.05) is 0 Å². The Bertz CT molecular complexity index is 460. The first-order valence-corrected chi connectivity index (χ1v) is 6.30. The molecule has 1 rings (SSSR count). The van der Waals surface area contributed by atoms with Gasteiger partial charge in [-0.15, -0.1) is 0 Å². The van der Waals surface area contributed by atoms with Crippen molar-refractivity contribution in [2.75, 3.05) is 11.9 Å². The third-order valence-corrected chi connectivity index (χ3v) is 2.71. The predicted octanol–water partition coefficient (Wildman–Crippen LogP) is 2.92. The van der Waals surface area contributed by atoms with Gasteiger partial charge >= 0.3 is 11.9 Å². The molecule has 18 heavy (non-hydrogen) atoms. The second-order valence-electron chi connectivity index (χ2n) is 3.43. The summed E-state index contributed by atoms with van der Waals surface area (Å²) in [6.45, 7) is 1.31. The van der Waals surface area contributed by atoms with E-state index < -0.39 is 17.5 Å². The lowest BCUT2D eigenvalue weighted by atomic mass is 10.0. The molecule has 98 valence electrons. The monoisotopic (exact) mass is 320 g/mol. The molecule has 0 unspecified atom stereocenters. The van der Waals surface area contributed by atoms with Crippen LogP contribution < -0.4 is 0 Å². The minimum Gasteiger partial charge on any atom is -0.461 e. The van der Waals surface area contributed by atoms with Crippen molar-refractivity contribution in [2.24, 2.45) is 0 Å². The third-order valence-electron chi connectivity index (χ3n) is 2.20. The van der Waals surface area contributed by atoms with Gasteiger partial charge in [0.05, 0.1) is 11.9 Å². The first-order valence-electron chi connectivity index (χ1n) is 5.18. The third kappa shape index (κ3) is 3.13. The first kappa shape index (κ1) is 14.8. The van der Waals surface area contributed by atoms with Crippen LogP contribution in [0.3, 0.4) is 0 Å². The number of ketones is 1. The van der Waals surface area contributed by atoms with E-state index in [4.69, 9.17) is 0 Å². The van der Waals surface area contributed by atoms with Crippen LogP contribution >= 0.6 is 15.9 Å². The van der Waals surface area contributed by atoms with Gasteiger partial charge in [-0.3, -0.25) is 4.79 Å². The van der Waals surface area contributed by atoms with Gasteiger partial charge in [-0.1, -0.05) is 34.1 Å². The number of hydrogen-bond donors (Lipinski definition) is 0. The number of halogens is 3. The highest BCUT2D eigenvalue weighted by atomic mass is 79.9. The molecule has 0 atom stereocenters. The molecular weight excluding hydrogens is 310 g/mol. The van der Waals surface area contributed by atoms with Crippen molar-refractivity contribution in [3.05, 3.63) is 35.4 Å². The first-order chi connectivity index (χ1) is 8.43. The molecule has 0 bridgehead atoms. The average Bonchev–Trinajstić information content (AvgIpc) is 2.38. The van der Waals surface area contributed by atoms with Crippen LogP contribution in [-0.4, -0.2) is 23.7 Å². The number of esters is 1. The zero-order valence-corrected chi connectivity index (χ0v) is 11.2. The summed E-state index contributed by atoms with van der Waals surface area (Å²) in [5.74, 6) is -5.71. The van der Waals surface area contributed by atoms with Crippen LogP contribution in [0.4, 0.5) is 8.78 Å². The van der Waals surface area contributed by atoms with Gasteiger partial charge in [0.1, 0.15) is 0 Å². The minimum atomic E-state index is -3.75. The highest BCUT2D eigenvalue weighted by Gasteiger charge is 2.42. The maximum atomic E-state index is 13.7. The van der Waals surface area contributed by atoms with E-state index in [2.05, 4.69) is 20.7 Å². The van der Waals surface area contributed by atoms with E-state index >= 15 is 0 Å². The quantitative estimate of drug-likeness (QED) is 0.476. The van der Waals surface area contributed by atoms with Gasteiger partial charge in [0.15, 0.2) is 5.78 Å². The van der Waals surface area contributed by atoms with Crippen LogP contribution in [0.5, 0.6) is 0 Å². The summed E-state index contributed by atoms with van der Waals surface area (Å²) in [7, 11) is 0. The number of Topliss-reactive ketones (excluding diaryl/α,β-unsaturated/α-hetero) is 1. The fourth-order valence-electron chi connectivity index (χ4n) is 1.30. The summed E-state index contributed by atoms with van der Waals surface area (Å²) in [5, 5.41) is 0.0292. The SMILES string of the molecule is CCOC(=O)C(F)(F)c1cccc(C(=O)CBr)c1. The Morgan fingerprint density at radius 3 is 2.61 bits per heavy atom. The number of carbonyl (C=O) groups is 2. The predicted molar refractivity (Wildman–Crippen MR) is 65.1 cm³/mol. The fourth-order valence-corrected chi connectivity index (χ4v) is 1.63. The summed E-state index contributed by atoms with van der Waals surface area (Å²) in [5.41, 5.74) is -0.430. The summed E-state index contributed by atoms with van der Waals surface area (Å²) in [6, 6.07) is 4.80. The molecule has 0 saturated carbocycles. The molecule has 3 nitrogen and oxygen atoms in total. The standard InChI is InChI=1S/C12H11BrF2O3/c1-2-18-11(17)12(14,15)9-5-3-4-8(6-9)10(16)7-13/h3-6H,2,7H2,1H3. The van der Waals surface area contributed by atoms with Crippen LogP contribution in [0.25, 0.3) is 0 Å². The molecule has 0 amide bonds. The molecule has 6 heteroatoms. The second-order valence-corrected chi connectivity index (χ2v) is 3.99. The zero-order chi connectivity index (χ0) is 13.8. The molecule has 1 aromatic rings. The van der Waals surface area contributed by atoms with Crippen LogP contribution in [0.1, 0.15) is 22.8 Å². The van der Waals surface area contributed by atoms with Crippen LogP contribution in [-0.2, 0) is 15.5 Å². The Morgan fingerprint density at radius 1 is 1.39 bits per heavy atom. The Morgan fingerprint density at radius 2 is 2.06 bits per heavy atom. The number of benzene rings is 1. The molecule has 0 aliphatic rings. The number of ether oxygens (including phenoxy) is 1. The zero-order valence-electron chi connectivity index (χ0n) is 9.58. The molecule has 0 radical (unpaired) electrons. The minimum absolute atomic E-state index is 0.0292. The van der Waals surface area contributed by atoms with Gasteiger partial charge in [0.25, 0.3) is 0 Å². The maximum absolute atomic E-state index is 13.7. The summed E-state index contributed by atoms with van der Waals surface area (Å²) in [4.78, 5) is 22.5. The molecule has 0 saturated heterocycles. The van der Waals surface area contributed by atoms with Gasteiger partial charge in [0.2, 0.25) is 0 Å². The van der Waals surface area contributed by atoms with E-state index in [1.165, 1.54) is 19.1 Å². The molecule has 0 N–H and O–H groups in total. The Kier molecular flexibility index (Phi) is 4.95. The molecule has 0 spiro atoms. The number of alkyl halides is 3. The van der Waals surface area contributed by atoms with Gasteiger partial charge in [-0.2, -0.15) is 8.78 Å². The lowest BCUT2D eigenvalue weighted by Gasteiger charge is -2.15. The fraction of sp³-hybridized carbons (Fsp3) is 0.333. The van der Waals surface area contributed by atoms with Gasteiger partial charge in [-0.25, -0.2) is 4.79 Å². The maximum Gasteiger partial charge on any atom is 0.381 e. The largest absolute Gasteiger partial charge is 0.461 e. The van der Waals surface area contributed by atoms with Crippen molar-refractivity contribution < 1.29 is 23.1 Å². The summed E-state index contributed by atoms with van der Waals surface area (Å²) >= 11 is 2.95. The van der Waals surface area contributed by atoms with Crippen molar-refractivity contribution in [1.82, 2.24) is 0 Å². The number of rotatable bonds is 5. The van der Waals surface area contributed by atoms with Crippen LogP contribution in [0.15, 0.2) is 24.3 Å². The van der Waals surface area contributed by atoms with Gasteiger partial charge in [-0.05, 0) is 13.0 Å². The van der Waals surface area contributed by atoms with Gasteiger partial charge in [0, 0.05) is 11.1 Å². The Balaban J connectivity index is 3.09. The van der Waals surface area contributed by atoms with Crippen LogP contribution in [0, 0.1) is 0 Å². The van der Waals surface area contributed by atoms with E-state index in [1.54, 1.807) is 0 Å². The van der Waals surface area contributed by atoms with E-state index in [0.717, 1.165) is 12.1 Å². The van der Waals surface area contributed by atoms with Crippen LogP contribution in [0.2, 0.25) is 0 Å². The normalized spacial score (nSPS) is 11.1. The van der Waals surface area contributed by atoms with E-state index in [9.17, 15) is 18.4 Å². The second kappa shape index (κ2) is 6.04. The Hall–Kier alpha value is -1.30. The molecule has 0 aromatic heterocycles. The van der Waals surface area contributed by atoms with Crippen molar-refractivity contribution >= 4 is 27.7 Å². The topological polar surface area (TPSA) is 43.4 Å². The Labute approximate surface area is 111 Å². The number of carbonyl (C=O) groups excluding carboxylic acids is 2. The molecule has 1 aromatic carbocycles. The number of hydrogen-bond acceptors (Lipinski definition) is 3. The van der Waals surface area contributed by atoms with E-state index in [0.29, 0.717) is 0 Å². The van der Waals surface area contributed by atoms with Gasteiger partial charge < -0.3 is 4.74 Å².